The maximum Gasteiger partial charge on any atom is 0.309 e. The fourth-order valence-electron chi connectivity index (χ4n) is 8.31. The maximum atomic E-state index is 13.1. The van der Waals surface area contributed by atoms with E-state index in [-0.39, 0.29) is 35.4 Å². The first kappa shape index (κ1) is 35.2. The van der Waals surface area contributed by atoms with Crippen LogP contribution in [0.5, 0.6) is 0 Å². The normalized spacial score (nSPS) is 29.9. The highest BCUT2D eigenvalue weighted by atomic mass is 16.6. The molecular weight excluding hydrogens is 540 g/mol. The number of piperidine rings is 2. The summed E-state index contributed by atoms with van der Waals surface area (Å²) in [5.41, 5.74) is -1.29. The van der Waals surface area contributed by atoms with Crippen LogP contribution in [0.2, 0.25) is 0 Å². The van der Waals surface area contributed by atoms with Crippen molar-refractivity contribution in [3.05, 3.63) is 0 Å². The van der Waals surface area contributed by atoms with Gasteiger partial charge in [-0.2, -0.15) is 0 Å². The number of ether oxygens (including phenoxy) is 2. The molecule has 42 heavy (non-hydrogen) atoms. The van der Waals surface area contributed by atoms with Crippen molar-refractivity contribution in [1.29, 1.82) is 0 Å². The highest BCUT2D eigenvalue weighted by Crippen LogP contribution is 2.40. The van der Waals surface area contributed by atoms with Crippen molar-refractivity contribution in [1.82, 2.24) is 9.80 Å². The van der Waals surface area contributed by atoms with Crippen LogP contribution in [0, 0.1) is 11.8 Å². The molecule has 4 N–H and O–H groups in total. The average Bonchev–Trinajstić information content (AvgIpc) is 2.84. The van der Waals surface area contributed by atoms with E-state index in [9.17, 15) is 30.0 Å². The number of aliphatic hydroxyl groups is 4. The summed E-state index contributed by atoms with van der Waals surface area (Å²) >= 11 is 0. The van der Waals surface area contributed by atoms with Crippen LogP contribution in [-0.2, 0) is 19.1 Å². The number of carbonyl (C=O) groups excluding carboxylic acids is 2. The first-order chi connectivity index (χ1) is 19.2. The zero-order chi connectivity index (χ0) is 31.7. The predicted molar refractivity (Wildman–Crippen MR) is 160 cm³/mol. The van der Waals surface area contributed by atoms with Gasteiger partial charge in [0.05, 0.1) is 24.0 Å². The van der Waals surface area contributed by atoms with Crippen molar-refractivity contribution >= 4 is 11.9 Å². The fourth-order valence-corrected chi connectivity index (χ4v) is 8.31. The van der Waals surface area contributed by atoms with Crippen molar-refractivity contribution < 1.29 is 39.5 Å². The highest BCUT2D eigenvalue weighted by Gasteiger charge is 2.47. The number of rotatable bonds is 10. The summed E-state index contributed by atoms with van der Waals surface area (Å²) in [7, 11) is 0. The summed E-state index contributed by atoms with van der Waals surface area (Å²) in [4.78, 5) is 30.6. The molecule has 10 nitrogen and oxygen atoms in total. The summed E-state index contributed by atoms with van der Waals surface area (Å²) in [6, 6.07) is 0. The quantitative estimate of drug-likeness (QED) is 0.278. The van der Waals surface area contributed by atoms with E-state index in [4.69, 9.17) is 9.47 Å². The molecule has 3 fully saturated rings. The number of hydrogen-bond acceptors (Lipinski definition) is 10. The molecule has 0 amide bonds. The molecule has 3 rings (SSSR count). The molecule has 0 aromatic rings. The number of hydrogen-bond donors (Lipinski definition) is 4. The van der Waals surface area contributed by atoms with Crippen LogP contribution in [0.1, 0.15) is 107 Å². The summed E-state index contributed by atoms with van der Waals surface area (Å²) in [6.45, 7) is 16.6. The largest absolute Gasteiger partial charge is 0.463 e. The van der Waals surface area contributed by atoms with Crippen LogP contribution >= 0.6 is 0 Å². The fraction of sp³-hybridized carbons (Fsp3) is 0.938. The number of likely N-dealkylation sites (tertiary alicyclic amines) is 2. The van der Waals surface area contributed by atoms with Gasteiger partial charge in [0.15, 0.2) is 0 Å². The van der Waals surface area contributed by atoms with E-state index < -0.39 is 48.2 Å². The van der Waals surface area contributed by atoms with Gasteiger partial charge in [-0.15, -0.1) is 0 Å². The first-order valence-corrected chi connectivity index (χ1v) is 15.9. The van der Waals surface area contributed by atoms with Crippen LogP contribution in [0.4, 0.5) is 0 Å². The second kappa shape index (κ2) is 13.4. The minimum atomic E-state index is -0.906. The Balaban J connectivity index is 1.52. The number of β-amino-alcohol motifs (C(OH)–C–C–N with tert-alkyl or cyclic N) is 2. The standard InChI is InChI=1S/C32H58N2O8/c1-29(2)13-21(35)14-30(3,4)33(29)17-23(37)19-41-27(39)25-11-9-10-12-26(25)28(40)42-20-24(38)18-34-31(5,6)15-22(36)16-32(34,7)8/h21-26,35-38H,9-20H2,1-8H3. The summed E-state index contributed by atoms with van der Waals surface area (Å²) in [6.07, 6.45) is 2.41. The second-order valence-corrected chi connectivity index (χ2v) is 15.7. The van der Waals surface area contributed by atoms with Crippen LogP contribution in [-0.4, -0.2) is 115 Å². The Labute approximate surface area is 252 Å². The molecule has 0 aromatic heterocycles. The Morgan fingerprint density at radius 3 is 1.21 bits per heavy atom. The Morgan fingerprint density at radius 1 is 0.643 bits per heavy atom. The molecule has 0 radical (unpaired) electrons. The van der Waals surface area contributed by atoms with Gasteiger partial charge in [0.25, 0.3) is 0 Å². The molecule has 2 aliphatic heterocycles. The van der Waals surface area contributed by atoms with Gasteiger partial charge in [0, 0.05) is 35.2 Å². The second-order valence-electron chi connectivity index (χ2n) is 15.7. The van der Waals surface area contributed by atoms with Gasteiger partial charge in [-0.25, -0.2) is 0 Å². The third-order valence-electron chi connectivity index (χ3n) is 9.86. The molecule has 2 saturated heterocycles. The molecule has 4 unspecified atom stereocenters. The first-order valence-electron chi connectivity index (χ1n) is 15.9. The van der Waals surface area contributed by atoms with Crippen molar-refractivity contribution in [2.24, 2.45) is 11.8 Å². The molecular formula is C32H58N2O8. The summed E-state index contributed by atoms with van der Waals surface area (Å²) in [5.74, 6) is -2.29. The third kappa shape index (κ3) is 8.66. The maximum absolute atomic E-state index is 13.1. The summed E-state index contributed by atoms with van der Waals surface area (Å²) < 4.78 is 11.1. The van der Waals surface area contributed by atoms with E-state index in [2.05, 4.69) is 9.80 Å². The lowest BCUT2D eigenvalue weighted by atomic mass is 9.78. The van der Waals surface area contributed by atoms with Crippen LogP contribution in [0.15, 0.2) is 0 Å². The van der Waals surface area contributed by atoms with Gasteiger partial charge in [-0.3, -0.25) is 19.4 Å². The Bertz CT molecular complexity index is 825. The molecule has 1 saturated carbocycles. The van der Waals surface area contributed by atoms with Gasteiger partial charge in [0.1, 0.15) is 25.4 Å². The van der Waals surface area contributed by atoms with Crippen molar-refractivity contribution in [2.75, 3.05) is 26.3 Å². The molecule has 244 valence electrons. The molecule has 2 heterocycles. The van der Waals surface area contributed by atoms with E-state index in [0.717, 1.165) is 12.8 Å². The lowest BCUT2D eigenvalue weighted by Crippen LogP contribution is -2.63. The summed E-state index contributed by atoms with van der Waals surface area (Å²) in [5, 5.41) is 42.2. The van der Waals surface area contributed by atoms with E-state index >= 15 is 0 Å². The minimum absolute atomic E-state index is 0.170. The van der Waals surface area contributed by atoms with Crippen molar-refractivity contribution in [3.63, 3.8) is 0 Å². The molecule has 0 bridgehead atoms. The monoisotopic (exact) mass is 598 g/mol. The zero-order valence-electron chi connectivity index (χ0n) is 27.3. The van der Waals surface area contributed by atoms with E-state index in [1.807, 2.05) is 55.4 Å². The van der Waals surface area contributed by atoms with Gasteiger partial charge >= 0.3 is 11.9 Å². The molecule has 1 aliphatic carbocycles. The Kier molecular flexibility index (Phi) is 11.2. The van der Waals surface area contributed by atoms with E-state index in [1.54, 1.807) is 0 Å². The smallest absolute Gasteiger partial charge is 0.309 e. The lowest BCUT2D eigenvalue weighted by Gasteiger charge is -2.55. The number of nitrogens with zero attached hydrogens (tertiary/aromatic N) is 2. The van der Waals surface area contributed by atoms with E-state index in [1.165, 1.54) is 0 Å². The third-order valence-corrected chi connectivity index (χ3v) is 9.86. The van der Waals surface area contributed by atoms with Gasteiger partial charge < -0.3 is 29.9 Å². The van der Waals surface area contributed by atoms with E-state index in [0.29, 0.717) is 51.6 Å². The zero-order valence-corrected chi connectivity index (χ0v) is 27.3. The number of esters is 2. The minimum Gasteiger partial charge on any atom is -0.463 e. The molecule has 4 atom stereocenters. The highest BCUT2D eigenvalue weighted by molar-refractivity contribution is 5.82. The topological polar surface area (TPSA) is 140 Å². The van der Waals surface area contributed by atoms with Crippen LogP contribution in [0.3, 0.4) is 0 Å². The Morgan fingerprint density at radius 2 is 0.929 bits per heavy atom. The van der Waals surface area contributed by atoms with Crippen molar-refractivity contribution in [2.45, 2.75) is 153 Å². The molecule has 0 spiro atoms. The van der Waals surface area contributed by atoms with Gasteiger partial charge in [-0.05, 0) is 93.9 Å². The molecule has 0 aromatic carbocycles. The average molecular weight is 599 g/mol. The lowest BCUT2D eigenvalue weighted by molar-refractivity contribution is -0.167. The Hall–Kier alpha value is -1.30. The molecule has 10 heteroatoms. The molecule has 3 aliphatic rings. The van der Waals surface area contributed by atoms with Crippen LogP contribution < -0.4 is 0 Å². The van der Waals surface area contributed by atoms with Gasteiger partial charge in [0.2, 0.25) is 0 Å². The SMILES string of the molecule is CC1(C)CC(O)CC(C)(C)N1CC(O)COC(=O)C1CCCCC1C(=O)OCC(O)CN1C(C)(C)CC(O)CC1(C)C. The van der Waals surface area contributed by atoms with Crippen molar-refractivity contribution in [3.8, 4) is 0 Å². The number of carbonyl (C=O) groups is 2. The predicted octanol–water partition coefficient (Wildman–Crippen LogP) is 2.63. The number of aliphatic hydroxyl groups excluding tert-OH is 4. The van der Waals surface area contributed by atoms with Crippen LogP contribution in [0.25, 0.3) is 0 Å². The van der Waals surface area contributed by atoms with Gasteiger partial charge in [-0.1, -0.05) is 12.8 Å².